The standard InChI is InChI=1S/C10H14OS3/c1-3-5-10-13-7-8(14-10)6-12-9(11)4-2/h4,7,10H,2-3,5-6H2,1H3. The molecule has 1 aliphatic rings. The van der Waals surface area contributed by atoms with Crippen molar-refractivity contribution >= 4 is 40.4 Å². The lowest BCUT2D eigenvalue weighted by molar-refractivity contribution is -0.107. The second kappa shape index (κ2) is 6.64. The van der Waals surface area contributed by atoms with E-state index >= 15 is 0 Å². The van der Waals surface area contributed by atoms with Gasteiger partial charge < -0.3 is 0 Å². The average Bonchev–Trinajstić information content (AvgIpc) is 2.63. The Bertz CT molecular complexity index is 248. The zero-order valence-electron chi connectivity index (χ0n) is 8.19. The molecule has 0 saturated carbocycles. The Morgan fingerprint density at radius 1 is 1.79 bits per heavy atom. The molecule has 0 amide bonds. The van der Waals surface area contributed by atoms with Crippen molar-refractivity contribution in [2.24, 2.45) is 0 Å². The number of carbonyl (C=O) groups is 1. The van der Waals surface area contributed by atoms with Crippen molar-refractivity contribution in [3.63, 3.8) is 0 Å². The molecule has 4 heteroatoms. The van der Waals surface area contributed by atoms with E-state index in [4.69, 9.17) is 0 Å². The molecule has 1 unspecified atom stereocenters. The van der Waals surface area contributed by atoms with Crippen LogP contribution >= 0.6 is 35.3 Å². The fraction of sp³-hybridized carbons (Fsp3) is 0.500. The zero-order valence-corrected chi connectivity index (χ0v) is 10.6. The second-order valence-corrected chi connectivity index (χ2v) is 6.55. The normalized spacial score (nSPS) is 20.6. The van der Waals surface area contributed by atoms with Crippen LogP contribution in [0.25, 0.3) is 0 Å². The van der Waals surface area contributed by atoms with Crippen LogP contribution < -0.4 is 0 Å². The molecule has 0 fully saturated rings. The van der Waals surface area contributed by atoms with E-state index in [1.807, 2.05) is 23.5 Å². The highest BCUT2D eigenvalue weighted by molar-refractivity contribution is 8.24. The van der Waals surface area contributed by atoms with E-state index in [0.29, 0.717) is 4.58 Å². The van der Waals surface area contributed by atoms with E-state index in [9.17, 15) is 4.79 Å². The molecule has 0 aromatic carbocycles. The lowest BCUT2D eigenvalue weighted by Crippen LogP contribution is -1.92. The summed E-state index contributed by atoms with van der Waals surface area (Å²) >= 11 is 5.12. The van der Waals surface area contributed by atoms with Crippen molar-refractivity contribution < 1.29 is 4.79 Å². The number of hydrogen-bond acceptors (Lipinski definition) is 4. The van der Waals surface area contributed by atoms with Gasteiger partial charge in [0, 0.05) is 10.7 Å². The lowest BCUT2D eigenvalue weighted by atomic mass is 10.4. The Hall–Kier alpha value is 0.200. The fourth-order valence-electron chi connectivity index (χ4n) is 1.01. The predicted molar refractivity (Wildman–Crippen MR) is 69.6 cm³/mol. The van der Waals surface area contributed by atoms with Gasteiger partial charge in [-0.25, -0.2) is 0 Å². The summed E-state index contributed by atoms with van der Waals surface area (Å²) < 4.78 is 0.675. The van der Waals surface area contributed by atoms with Crippen LogP contribution in [0.4, 0.5) is 0 Å². The maximum Gasteiger partial charge on any atom is 0.211 e. The van der Waals surface area contributed by atoms with Crippen molar-refractivity contribution in [2.75, 3.05) is 5.75 Å². The van der Waals surface area contributed by atoms with Gasteiger partial charge in [0.2, 0.25) is 5.12 Å². The third kappa shape index (κ3) is 4.15. The largest absolute Gasteiger partial charge is 0.282 e. The Morgan fingerprint density at radius 3 is 3.21 bits per heavy atom. The van der Waals surface area contributed by atoms with E-state index in [2.05, 4.69) is 18.9 Å². The van der Waals surface area contributed by atoms with Crippen LogP contribution in [0, 0.1) is 0 Å². The van der Waals surface area contributed by atoms with Crippen LogP contribution in [0.2, 0.25) is 0 Å². The number of carbonyl (C=O) groups excluding carboxylic acids is 1. The monoisotopic (exact) mass is 246 g/mol. The highest BCUT2D eigenvalue weighted by Gasteiger charge is 2.17. The molecule has 1 heterocycles. The summed E-state index contributed by atoms with van der Waals surface area (Å²) in [6, 6.07) is 0. The van der Waals surface area contributed by atoms with E-state index in [1.54, 1.807) is 0 Å². The van der Waals surface area contributed by atoms with Crippen LogP contribution in [0.1, 0.15) is 19.8 Å². The average molecular weight is 246 g/mol. The summed E-state index contributed by atoms with van der Waals surface area (Å²) in [5.41, 5.74) is 0. The van der Waals surface area contributed by atoms with E-state index in [1.165, 1.54) is 35.6 Å². The minimum absolute atomic E-state index is 0.0652. The molecule has 1 atom stereocenters. The molecule has 0 spiro atoms. The fourth-order valence-corrected chi connectivity index (χ4v) is 4.65. The lowest BCUT2D eigenvalue weighted by Gasteiger charge is -2.05. The Kier molecular flexibility index (Phi) is 5.82. The summed E-state index contributed by atoms with van der Waals surface area (Å²) in [6.07, 6.45) is 3.85. The maximum atomic E-state index is 11.0. The molecular formula is C10H14OS3. The highest BCUT2D eigenvalue weighted by Crippen LogP contribution is 2.43. The number of thioether (sulfide) groups is 3. The summed E-state index contributed by atoms with van der Waals surface area (Å²) in [7, 11) is 0. The molecule has 0 aromatic heterocycles. The summed E-state index contributed by atoms with van der Waals surface area (Å²) in [5.74, 6) is 0.808. The summed E-state index contributed by atoms with van der Waals surface area (Å²) in [4.78, 5) is 12.3. The van der Waals surface area contributed by atoms with E-state index in [-0.39, 0.29) is 5.12 Å². The molecule has 1 nitrogen and oxygen atoms in total. The molecule has 1 rings (SSSR count). The Labute approximate surface area is 98.2 Å². The Balaban J connectivity index is 2.21. The zero-order chi connectivity index (χ0) is 10.4. The third-order valence-electron chi connectivity index (χ3n) is 1.68. The minimum Gasteiger partial charge on any atom is -0.282 e. The van der Waals surface area contributed by atoms with Gasteiger partial charge in [0.1, 0.15) is 0 Å². The van der Waals surface area contributed by atoms with Gasteiger partial charge in [0.05, 0.1) is 4.58 Å². The van der Waals surface area contributed by atoms with E-state index in [0.717, 1.165) is 5.75 Å². The van der Waals surface area contributed by atoms with Crippen LogP contribution in [-0.4, -0.2) is 15.5 Å². The smallest absolute Gasteiger partial charge is 0.211 e. The molecule has 0 aromatic rings. The number of hydrogen-bond donors (Lipinski definition) is 0. The predicted octanol–water partition coefficient (Wildman–Crippen LogP) is 3.88. The second-order valence-electron chi connectivity index (χ2n) is 2.87. The molecule has 0 N–H and O–H groups in total. The van der Waals surface area contributed by atoms with Crippen LogP contribution in [0.3, 0.4) is 0 Å². The summed E-state index contributed by atoms with van der Waals surface area (Å²) in [6.45, 7) is 5.65. The van der Waals surface area contributed by atoms with Crippen LogP contribution in [0.5, 0.6) is 0 Å². The SMILES string of the molecule is C=CC(=O)SCC1=CSC(CCC)S1. The van der Waals surface area contributed by atoms with Gasteiger partial charge in [-0.3, -0.25) is 4.79 Å². The first-order valence-corrected chi connectivity index (χ1v) is 7.37. The molecule has 78 valence electrons. The van der Waals surface area contributed by atoms with E-state index < -0.39 is 0 Å². The summed E-state index contributed by atoms with van der Waals surface area (Å²) in [5, 5.41) is 2.25. The molecule has 0 aliphatic carbocycles. The van der Waals surface area contributed by atoms with Crippen molar-refractivity contribution in [3.8, 4) is 0 Å². The molecule has 14 heavy (non-hydrogen) atoms. The topological polar surface area (TPSA) is 17.1 Å². The molecular weight excluding hydrogens is 232 g/mol. The quantitative estimate of drug-likeness (QED) is 0.684. The first-order chi connectivity index (χ1) is 6.76. The van der Waals surface area contributed by atoms with Gasteiger partial charge in [-0.05, 0) is 17.9 Å². The van der Waals surface area contributed by atoms with Gasteiger partial charge in [-0.1, -0.05) is 31.7 Å². The molecule has 0 bridgehead atoms. The third-order valence-corrected chi connectivity index (χ3v) is 5.57. The van der Waals surface area contributed by atoms with Gasteiger partial charge in [0.15, 0.2) is 0 Å². The number of rotatable bonds is 5. The maximum absolute atomic E-state index is 11.0. The van der Waals surface area contributed by atoms with Crippen LogP contribution in [0.15, 0.2) is 23.0 Å². The van der Waals surface area contributed by atoms with Crippen molar-refractivity contribution in [1.82, 2.24) is 0 Å². The molecule has 0 saturated heterocycles. The van der Waals surface area contributed by atoms with Crippen molar-refractivity contribution in [2.45, 2.75) is 24.3 Å². The van der Waals surface area contributed by atoms with Gasteiger partial charge >= 0.3 is 0 Å². The molecule has 1 aliphatic heterocycles. The van der Waals surface area contributed by atoms with Crippen LogP contribution in [-0.2, 0) is 4.79 Å². The van der Waals surface area contributed by atoms with Crippen molar-refractivity contribution in [3.05, 3.63) is 23.0 Å². The molecule has 0 radical (unpaired) electrons. The first-order valence-electron chi connectivity index (χ1n) is 4.56. The van der Waals surface area contributed by atoms with Crippen molar-refractivity contribution in [1.29, 1.82) is 0 Å². The highest BCUT2D eigenvalue weighted by atomic mass is 32.2. The van der Waals surface area contributed by atoms with Gasteiger partial charge in [0.25, 0.3) is 0 Å². The van der Waals surface area contributed by atoms with Gasteiger partial charge in [-0.15, -0.1) is 23.5 Å². The van der Waals surface area contributed by atoms with Gasteiger partial charge in [-0.2, -0.15) is 0 Å². The Morgan fingerprint density at radius 2 is 2.57 bits per heavy atom. The minimum atomic E-state index is 0.0652. The first kappa shape index (κ1) is 12.3.